The minimum Gasteiger partial charge on any atom is -0.325 e. The van der Waals surface area contributed by atoms with Crippen LogP contribution in [-0.2, 0) is 14.4 Å². The maximum Gasteiger partial charge on any atom is 0.244 e. The minimum atomic E-state index is -0.455. The monoisotopic (exact) mass is 326 g/mol. The Labute approximate surface area is 139 Å². The number of hydrogen-bond donors (Lipinski definition) is 1. The molecule has 1 aliphatic carbocycles. The molecule has 0 saturated carbocycles. The van der Waals surface area contributed by atoms with E-state index in [0.29, 0.717) is 24.1 Å². The number of likely N-dealkylation sites (tertiary alicyclic amines) is 1. The second-order valence-electron chi connectivity index (χ2n) is 6.10. The Morgan fingerprint density at radius 2 is 1.75 bits per heavy atom. The number of benzene rings is 1. The van der Waals surface area contributed by atoms with Crippen molar-refractivity contribution < 1.29 is 19.2 Å². The van der Waals surface area contributed by atoms with Crippen molar-refractivity contribution in [3.8, 4) is 0 Å². The van der Waals surface area contributed by atoms with Crippen molar-refractivity contribution in [2.24, 2.45) is 11.8 Å². The van der Waals surface area contributed by atoms with Gasteiger partial charge in [0.15, 0.2) is 5.78 Å². The highest BCUT2D eigenvalue weighted by Gasteiger charge is 2.47. The van der Waals surface area contributed by atoms with Gasteiger partial charge in [0.2, 0.25) is 17.7 Å². The van der Waals surface area contributed by atoms with Gasteiger partial charge < -0.3 is 5.32 Å². The van der Waals surface area contributed by atoms with Crippen molar-refractivity contribution in [2.45, 2.75) is 19.8 Å². The first kappa shape index (κ1) is 16.1. The lowest BCUT2D eigenvalue weighted by Crippen LogP contribution is -2.38. The van der Waals surface area contributed by atoms with Crippen LogP contribution in [0.25, 0.3) is 0 Å². The van der Waals surface area contributed by atoms with E-state index in [1.165, 1.54) is 6.92 Å². The summed E-state index contributed by atoms with van der Waals surface area (Å²) < 4.78 is 0. The molecule has 3 rings (SSSR count). The average Bonchev–Trinajstić information content (AvgIpc) is 2.80. The maximum atomic E-state index is 12.3. The zero-order chi connectivity index (χ0) is 17.3. The molecule has 0 spiro atoms. The van der Waals surface area contributed by atoms with Crippen LogP contribution in [0, 0.1) is 11.8 Å². The molecule has 1 fully saturated rings. The summed E-state index contributed by atoms with van der Waals surface area (Å²) in [4.78, 5) is 49.3. The molecule has 2 aliphatic rings. The van der Waals surface area contributed by atoms with Crippen molar-refractivity contribution in [3.05, 3.63) is 42.0 Å². The van der Waals surface area contributed by atoms with Crippen molar-refractivity contribution in [2.75, 3.05) is 11.9 Å². The molecule has 6 nitrogen and oxygen atoms in total. The van der Waals surface area contributed by atoms with Crippen LogP contribution < -0.4 is 5.32 Å². The molecule has 1 aromatic rings. The lowest BCUT2D eigenvalue weighted by molar-refractivity contribution is -0.142. The number of rotatable bonds is 4. The van der Waals surface area contributed by atoms with Crippen molar-refractivity contribution >= 4 is 29.2 Å². The summed E-state index contributed by atoms with van der Waals surface area (Å²) in [5.74, 6) is -1.78. The average molecular weight is 326 g/mol. The standard InChI is InChI=1S/C18H18N2O4/c1-11(21)12-5-4-6-13(9-12)19-16(22)10-20-17(23)14-7-2-3-8-15(14)18(20)24/h2-6,9,14-15H,7-8,10H2,1H3,(H,19,22)/t14-,15+. The number of Topliss-reactive ketones (excluding diaryl/α,β-unsaturated/α-hetero) is 1. The number of hydrogen-bond acceptors (Lipinski definition) is 4. The lowest BCUT2D eigenvalue weighted by atomic mass is 9.85. The molecule has 1 aromatic carbocycles. The summed E-state index contributed by atoms with van der Waals surface area (Å²) in [5, 5.41) is 2.63. The highest BCUT2D eigenvalue weighted by atomic mass is 16.2. The Balaban J connectivity index is 1.67. The van der Waals surface area contributed by atoms with Crippen molar-refractivity contribution in [1.29, 1.82) is 0 Å². The van der Waals surface area contributed by atoms with Gasteiger partial charge in [-0.05, 0) is 31.9 Å². The number of imide groups is 1. The Hall–Kier alpha value is -2.76. The van der Waals surface area contributed by atoms with Gasteiger partial charge >= 0.3 is 0 Å². The molecule has 124 valence electrons. The molecule has 0 aromatic heterocycles. The molecule has 0 unspecified atom stereocenters. The predicted molar refractivity (Wildman–Crippen MR) is 87.2 cm³/mol. The summed E-state index contributed by atoms with van der Waals surface area (Å²) in [6, 6.07) is 6.54. The molecule has 1 aliphatic heterocycles. The molecule has 1 heterocycles. The van der Waals surface area contributed by atoms with E-state index in [1.54, 1.807) is 24.3 Å². The van der Waals surface area contributed by atoms with Gasteiger partial charge in [-0.25, -0.2) is 0 Å². The number of nitrogens with one attached hydrogen (secondary N) is 1. The van der Waals surface area contributed by atoms with Gasteiger partial charge in [-0.2, -0.15) is 0 Å². The number of anilines is 1. The van der Waals surface area contributed by atoms with E-state index in [9.17, 15) is 19.2 Å². The molecule has 1 saturated heterocycles. The van der Waals surface area contributed by atoms with Crippen LogP contribution in [0.4, 0.5) is 5.69 Å². The first-order valence-corrected chi connectivity index (χ1v) is 7.88. The SMILES string of the molecule is CC(=O)c1cccc(NC(=O)CN2C(=O)[C@H]3CC=CC[C@H]3C2=O)c1. The summed E-state index contributed by atoms with van der Waals surface area (Å²) in [6.45, 7) is 1.15. The van der Waals surface area contributed by atoms with Crippen LogP contribution in [0.15, 0.2) is 36.4 Å². The number of allylic oxidation sites excluding steroid dienone is 2. The fraction of sp³-hybridized carbons (Fsp3) is 0.333. The fourth-order valence-electron chi connectivity index (χ4n) is 3.18. The third kappa shape index (κ3) is 2.99. The van der Waals surface area contributed by atoms with Crippen molar-refractivity contribution in [3.63, 3.8) is 0 Å². The van der Waals surface area contributed by atoms with Gasteiger partial charge in [-0.15, -0.1) is 0 Å². The van der Waals surface area contributed by atoms with E-state index in [-0.39, 0.29) is 36.0 Å². The normalized spacial score (nSPS) is 22.5. The number of fused-ring (bicyclic) bond motifs is 1. The van der Waals surface area contributed by atoms with Crippen LogP contribution in [-0.4, -0.2) is 34.9 Å². The Morgan fingerprint density at radius 3 is 2.33 bits per heavy atom. The smallest absolute Gasteiger partial charge is 0.244 e. The maximum absolute atomic E-state index is 12.3. The molecular formula is C18H18N2O4. The molecule has 24 heavy (non-hydrogen) atoms. The highest BCUT2D eigenvalue weighted by molar-refractivity contribution is 6.09. The molecule has 1 N–H and O–H groups in total. The van der Waals surface area contributed by atoms with E-state index < -0.39 is 5.91 Å². The van der Waals surface area contributed by atoms with Crippen LogP contribution in [0.3, 0.4) is 0 Å². The molecule has 2 atom stereocenters. The number of nitrogens with zero attached hydrogens (tertiary/aromatic N) is 1. The summed E-state index contributed by atoms with van der Waals surface area (Å²) in [5.41, 5.74) is 0.948. The molecular weight excluding hydrogens is 308 g/mol. The molecule has 6 heteroatoms. The predicted octanol–water partition coefficient (Wildman–Crippen LogP) is 1.78. The third-order valence-corrected chi connectivity index (χ3v) is 4.45. The van der Waals surface area contributed by atoms with Crippen LogP contribution in [0.5, 0.6) is 0 Å². The van der Waals surface area contributed by atoms with E-state index >= 15 is 0 Å². The van der Waals surface area contributed by atoms with Crippen LogP contribution in [0.1, 0.15) is 30.1 Å². The number of amides is 3. The quantitative estimate of drug-likeness (QED) is 0.519. The van der Waals surface area contributed by atoms with E-state index in [4.69, 9.17) is 0 Å². The second kappa shape index (κ2) is 6.39. The van der Waals surface area contributed by atoms with Crippen LogP contribution >= 0.6 is 0 Å². The first-order valence-electron chi connectivity index (χ1n) is 7.88. The summed E-state index contributed by atoms with van der Waals surface area (Å²) in [6.07, 6.45) is 4.91. The number of ketones is 1. The molecule has 3 amide bonds. The Kier molecular flexibility index (Phi) is 4.29. The summed E-state index contributed by atoms with van der Waals surface area (Å²) >= 11 is 0. The minimum absolute atomic E-state index is 0.104. The number of carbonyl (C=O) groups excluding carboxylic acids is 4. The van der Waals surface area contributed by atoms with E-state index in [2.05, 4.69) is 5.32 Å². The lowest BCUT2D eigenvalue weighted by Gasteiger charge is -2.14. The first-order chi connectivity index (χ1) is 11.5. The van der Waals surface area contributed by atoms with Crippen LogP contribution in [0.2, 0.25) is 0 Å². The zero-order valence-electron chi connectivity index (χ0n) is 13.3. The second-order valence-corrected chi connectivity index (χ2v) is 6.10. The Morgan fingerprint density at radius 1 is 1.12 bits per heavy atom. The van der Waals surface area contributed by atoms with E-state index in [0.717, 1.165) is 4.90 Å². The van der Waals surface area contributed by atoms with E-state index in [1.807, 2.05) is 12.2 Å². The van der Waals surface area contributed by atoms with Gasteiger partial charge in [-0.1, -0.05) is 24.3 Å². The Bertz CT molecular complexity index is 727. The third-order valence-electron chi connectivity index (χ3n) is 4.45. The van der Waals surface area contributed by atoms with Gasteiger partial charge in [-0.3, -0.25) is 24.1 Å². The number of carbonyl (C=O) groups is 4. The van der Waals surface area contributed by atoms with Gasteiger partial charge in [0.05, 0.1) is 11.8 Å². The molecule has 0 radical (unpaired) electrons. The van der Waals surface area contributed by atoms with Gasteiger partial charge in [0, 0.05) is 11.3 Å². The zero-order valence-corrected chi connectivity index (χ0v) is 13.3. The van der Waals surface area contributed by atoms with Gasteiger partial charge in [0.25, 0.3) is 0 Å². The highest BCUT2D eigenvalue weighted by Crippen LogP contribution is 2.34. The largest absolute Gasteiger partial charge is 0.325 e. The fourth-order valence-corrected chi connectivity index (χ4v) is 3.18. The molecule has 0 bridgehead atoms. The van der Waals surface area contributed by atoms with Crippen molar-refractivity contribution in [1.82, 2.24) is 4.90 Å². The summed E-state index contributed by atoms with van der Waals surface area (Å²) in [7, 11) is 0. The van der Waals surface area contributed by atoms with Gasteiger partial charge in [0.1, 0.15) is 6.54 Å². The topological polar surface area (TPSA) is 83.6 Å².